The van der Waals surface area contributed by atoms with E-state index in [1.54, 1.807) is 38.5 Å². The molecule has 0 fully saturated rings. The summed E-state index contributed by atoms with van der Waals surface area (Å²) in [5.41, 5.74) is 13.9. The number of phenols is 2. The Morgan fingerprint density at radius 3 is 0.889 bits per heavy atom. The number of hydrogen-bond acceptors (Lipinski definition) is 6. The van der Waals surface area contributed by atoms with Crippen LogP contribution in [0.5, 0.6) is 23.0 Å². The van der Waals surface area contributed by atoms with Crippen molar-refractivity contribution in [2.75, 3.05) is 14.2 Å². The Bertz CT molecular complexity index is 2580. The second kappa shape index (κ2) is 13.3. The molecule has 0 radical (unpaired) electrons. The monoisotopic (exact) mass is 706 g/mol. The SMILES string of the molecule is COc1ccc(-c2c3nc(c(-c4ccc(O)cc4)c4ccc([nH]4)c(-c4ccc(OC)cc4)c4nc(c(-c5ccc(O)cc5)c5ccc2[nH]5)C=C4)C=C3)cc1. The Balaban J connectivity index is 1.45. The highest BCUT2D eigenvalue weighted by atomic mass is 16.5. The number of rotatable bonds is 6. The number of benzene rings is 4. The first-order chi connectivity index (χ1) is 26.4. The van der Waals surface area contributed by atoms with Crippen molar-refractivity contribution in [3.8, 4) is 67.5 Å². The first-order valence-corrected chi connectivity index (χ1v) is 17.5. The standard InChI is InChI=1S/C46H34N4O4/c1-53-33-15-7-29(8-16-33)45-39-23-19-35(47-39)43(27-3-11-31(51)12-4-27)37-21-25-41(49-37)46(30-9-17-34(54-2)18-10-30)42-26-22-38(50-42)44(36-20-24-40(45)48-36)28-5-13-32(52)14-6-28/h3-26,47,50-52H,1-2H3. The van der Waals surface area contributed by atoms with E-state index in [0.717, 1.165) is 101 Å². The first-order valence-electron chi connectivity index (χ1n) is 17.5. The van der Waals surface area contributed by atoms with Gasteiger partial charge in [0.2, 0.25) is 0 Å². The lowest BCUT2D eigenvalue weighted by atomic mass is 10.0. The third kappa shape index (κ3) is 5.85. The predicted molar refractivity (Wildman–Crippen MR) is 217 cm³/mol. The average Bonchev–Trinajstić information content (AvgIpc) is 4.05. The fourth-order valence-corrected chi connectivity index (χ4v) is 7.19. The first kappa shape index (κ1) is 32.6. The van der Waals surface area contributed by atoms with Crippen molar-refractivity contribution in [2.45, 2.75) is 0 Å². The van der Waals surface area contributed by atoms with Crippen molar-refractivity contribution in [3.05, 3.63) is 144 Å². The Morgan fingerprint density at radius 1 is 0.370 bits per heavy atom. The number of aromatic hydroxyl groups is 2. The normalized spacial score (nSPS) is 11.9. The smallest absolute Gasteiger partial charge is 0.118 e. The summed E-state index contributed by atoms with van der Waals surface area (Å²) in [7, 11) is 3.32. The summed E-state index contributed by atoms with van der Waals surface area (Å²) in [6.45, 7) is 0. The highest BCUT2D eigenvalue weighted by Crippen LogP contribution is 2.39. The van der Waals surface area contributed by atoms with E-state index in [0.29, 0.717) is 0 Å². The summed E-state index contributed by atoms with van der Waals surface area (Å²) in [6, 6.07) is 38.6. The highest BCUT2D eigenvalue weighted by Gasteiger charge is 2.19. The molecule has 54 heavy (non-hydrogen) atoms. The number of ether oxygens (including phenoxy) is 2. The van der Waals surface area contributed by atoms with Crippen LogP contribution >= 0.6 is 0 Å². The van der Waals surface area contributed by atoms with Crippen molar-refractivity contribution in [2.24, 2.45) is 0 Å². The molecule has 7 aromatic rings. The molecule has 4 N–H and O–H groups in total. The van der Waals surface area contributed by atoms with E-state index in [2.05, 4.69) is 34.2 Å². The average molecular weight is 707 g/mol. The van der Waals surface area contributed by atoms with E-state index in [1.807, 2.05) is 97.1 Å². The molecule has 4 aromatic carbocycles. The molecule has 8 nitrogen and oxygen atoms in total. The van der Waals surface area contributed by atoms with Crippen LogP contribution in [0.2, 0.25) is 0 Å². The van der Waals surface area contributed by atoms with E-state index < -0.39 is 0 Å². The lowest BCUT2D eigenvalue weighted by Crippen LogP contribution is -1.90. The Kier molecular flexibility index (Phi) is 8.05. The van der Waals surface area contributed by atoms with Gasteiger partial charge in [0.1, 0.15) is 23.0 Å². The van der Waals surface area contributed by atoms with Crippen LogP contribution in [-0.4, -0.2) is 44.4 Å². The minimum Gasteiger partial charge on any atom is -0.508 e. The van der Waals surface area contributed by atoms with Gasteiger partial charge in [-0.1, -0.05) is 48.5 Å². The summed E-state index contributed by atoms with van der Waals surface area (Å²) < 4.78 is 11.0. The number of H-pyrrole nitrogens is 2. The Hall–Kier alpha value is -7.32. The molecule has 0 spiro atoms. The summed E-state index contributed by atoms with van der Waals surface area (Å²) in [6.07, 6.45) is 8.16. The molecule has 0 aliphatic carbocycles. The highest BCUT2D eigenvalue weighted by molar-refractivity contribution is 5.99. The molecule has 3 aromatic heterocycles. The third-order valence-electron chi connectivity index (χ3n) is 9.82. The maximum absolute atomic E-state index is 10.2. The molecular formula is C46H34N4O4. The van der Waals surface area contributed by atoms with Crippen LogP contribution in [0.15, 0.2) is 121 Å². The Morgan fingerprint density at radius 2 is 0.630 bits per heavy atom. The molecule has 9 rings (SSSR count). The molecule has 0 amide bonds. The fraction of sp³-hybridized carbons (Fsp3) is 0.0435. The summed E-state index contributed by atoms with van der Waals surface area (Å²) >= 11 is 0. The maximum Gasteiger partial charge on any atom is 0.118 e. The lowest BCUT2D eigenvalue weighted by Gasteiger charge is -2.08. The number of methoxy groups -OCH3 is 2. The Labute approximate surface area is 311 Å². The zero-order chi connectivity index (χ0) is 36.8. The van der Waals surface area contributed by atoms with Crippen molar-refractivity contribution in [1.29, 1.82) is 0 Å². The summed E-state index contributed by atoms with van der Waals surface area (Å²) in [5, 5.41) is 20.4. The van der Waals surface area contributed by atoms with Crippen LogP contribution in [-0.2, 0) is 0 Å². The van der Waals surface area contributed by atoms with E-state index in [1.165, 1.54) is 0 Å². The fourth-order valence-electron chi connectivity index (χ4n) is 7.19. The molecular weight excluding hydrogens is 673 g/mol. The number of aromatic nitrogens is 4. The van der Waals surface area contributed by atoms with Gasteiger partial charge in [0, 0.05) is 44.3 Å². The van der Waals surface area contributed by atoms with E-state index in [-0.39, 0.29) is 11.5 Å². The van der Waals surface area contributed by atoms with Crippen LogP contribution in [0.4, 0.5) is 0 Å². The predicted octanol–water partition coefficient (Wildman–Crippen LogP) is 10.8. The molecule has 8 bridgehead atoms. The quantitative estimate of drug-likeness (QED) is 0.137. The van der Waals surface area contributed by atoms with E-state index in [9.17, 15) is 10.2 Å². The topological polar surface area (TPSA) is 116 Å². The van der Waals surface area contributed by atoms with Gasteiger partial charge in [-0.15, -0.1) is 0 Å². The zero-order valence-corrected chi connectivity index (χ0v) is 29.5. The van der Waals surface area contributed by atoms with Crippen LogP contribution < -0.4 is 9.47 Å². The molecule has 8 heteroatoms. The van der Waals surface area contributed by atoms with Crippen molar-refractivity contribution >= 4 is 46.4 Å². The number of aromatic amines is 2. The van der Waals surface area contributed by atoms with Gasteiger partial charge in [-0.2, -0.15) is 0 Å². The van der Waals surface area contributed by atoms with Gasteiger partial charge >= 0.3 is 0 Å². The van der Waals surface area contributed by atoms with Crippen LogP contribution in [0.1, 0.15) is 22.8 Å². The van der Waals surface area contributed by atoms with E-state index >= 15 is 0 Å². The summed E-state index contributed by atoms with van der Waals surface area (Å²) in [5.74, 6) is 1.89. The number of hydrogen-bond donors (Lipinski definition) is 4. The molecule has 0 unspecified atom stereocenters. The van der Waals surface area contributed by atoms with Gasteiger partial charge in [-0.25, -0.2) is 9.97 Å². The number of fused-ring (bicyclic) bond motifs is 8. The minimum absolute atomic E-state index is 0.185. The summed E-state index contributed by atoms with van der Waals surface area (Å²) in [4.78, 5) is 18.1. The number of nitrogens with one attached hydrogen (secondary N) is 2. The number of nitrogens with zero attached hydrogens (tertiary/aromatic N) is 2. The molecule has 2 aliphatic rings. The molecule has 262 valence electrons. The van der Waals surface area contributed by atoms with Gasteiger partial charge < -0.3 is 29.7 Å². The second-order valence-corrected chi connectivity index (χ2v) is 13.1. The molecule has 0 atom stereocenters. The van der Waals surface area contributed by atoms with Crippen molar-refractivity contribution in [1.82, 2.24) is 19.9 Å². The van der Waals surface area contributed by atoms with Crippen molar-refractivity contribution in [3.63, 3.8) is 0 Å². The third-order valence-corrected chi connectivity index (χ3v) is 9.82. The minimum atomic E-state index is 0.185. The van der Waals surface area contributed by atoms with Gasteiger partial charge in [0.15, 0.2) is 0 Å². The van der Waals surface area contributed by atoms with Gasteiger partial charge in [0.25, 0.3) is 0 Å². The molecule has 2 aliphatic heterocycles. The number of phenolic OH excluding ortho intramolecular Hbond substituents is 2. The van der Waals surface area contributed by atoms with Crippen molar-refractivity contribution < 1.29 is 19.7 Å². The van der Waals surface area contributed by atoms with E-state index in [4.69, 9.17) is 19.4 Å². The largest absolute Gasteiger partial charge is 0.508 e. The van der Waals surface area contributed by atoms with Crippen LogP contribution in [0.25, 0.3) is 90.9 Å². The lowest BCUT2D eigenvalue weighted by molar-refractivity contribution is 0.415. The van der Waals surface area contributed by atoms with Crippen LogP contribution in [0, 0.1) is 0 Å². The maximum atomic E-state index is 10.2. The van der Waals surface area contributed by atoms with Crippen LogP contribution in [0.3, 0.4) is 0 Å². The van der Waals surface area contributed by atoms with Gasteiger partial charge in [-0.3, -0.25) is 0 Å². The molecule has 0 saturated heterocycles. The van der Waals surface area contributed by atoms with Gasteiger partial charge in [0.05, 0.1) is 37.0 Å². The second-order valence-electron chi connectivity index (χ2n) is 13.1. The van der Waals surface area contributed by atoms with Gasteiger partial charge in [-0.05, 0) is 119 Å². The molecule has 5 heterocycles. The molecule has 0 saturated carbocycles. The zero-order valence-electron chi connectivity index (χ0n) is 29.5.